The van der Waals surface area contributed by atoms with Crippen molar-refractivity contribution in [3.05, 3.63) is 47.8 Å². The summed E-state index contributed by atoms with van der Waals surface area (Å²) in [7, 11) is 0. The average Bonchev–Trinajstić information content (AvgIpc) is 3.19. The smallest absolute Gasteiger partial charge is 0.306 e. The number of carboxylic acids is 1. The molecule has 1 heterocycles. The van der Waals surface area contributed by atoms with E-state index in [-0.39, 0.29) is 17.9 Å². The van der Waals surface area contributed by atoms with Crippen LogP contribution in [0.25, 0.3) is 5.69 Å². The summed E-state index contributed by atoms with van der Waals surface area (Å²) in [6, 6.07) is 11.4. The lowest BCUT2D eigenvalue weighted by Gasteiger charge is -2.13. The number of hydrogen-bond donors (Lipinski definition) is 2. The molecule has 0 radical (unpaired) electrons. The van der Waals surface area contributed by atoms with E-state index in [0.29, 0.717) is 30.9 Å². The topological polar surface area (TPSA) is 84.2 Å². The first kappa shape index (κ1) is 15.9. The first-order valence-electron chi connectivity index (χ1n) is 8.81. The third-order valence-corrected chi connectivity index (χ3v) is 5.07. The molecular weight excluding hydrogens is 318 g/mol. The number of nitrogens with one attached hydrogen (secondary N) is 1. The number of hydrogen-bond acceptors (Lipinski definition) is 3. The summed E-state index contributed by atoms with van der Waals surface area (Å²) in [5.74, 6) is -0.855. The molecule has 0 unspecified atom stereocenters. The van der Waals surface area contributed by atoms with Gasteiger partial charge in [-0.05, 0) is 50.3 Å². The molecule has 25 heavy (non-hydrogen) atoms. The highest BCUT2D eigenvalue weighted by atomic mass is 16.4. The number of aromatic nitrogens is 2. The molecule has 2 aromatic rings. The molecule has 1 amide bonds. The Bertz CT molecular complexity index is 796. The summed E-state index contributed by atoms with van der Waals surface area (Å²) in [6.45, 7) is 0. The lowest BCUT2D eigenvalue weighted by atomic mass is 10.1. The molecule has 2 atom stereocenters. The van der Waals surface area contributed by atoms with Gasteiger partial charge in [0.15, 0.2) is 0 Å². The van der Waals surface area contributed by atoms with Crippen LogP contribution in [0.2, 0.25) is 0 Å². The van der Waals surface area contributed by atoms with Crippen LogP contribution in [0.1, 0.15) is 54.2 Å². The van der Waals surface area contributed by atoms with Gasteiger partial charge in [0.2, 0.25) is 0 Å². The van der Waals surface area contributed by atoms with Crippen molar-refractivity contribution < 1.29 is 14.7 Å². The molecule has 2 fully saturated rings. The molecule has 6 heteroatoms. The average molecular weight is 339 g/mol. The molecule has 4 rings (SSSR count). The minimum absolute atomic E-state index is 0.0860. The predicted molar refractivity (Wildman–Crippen MR) is 91.8 cm³/mol. The first-order valence-corrected chi connectivity index (χ1v) is 8.81. The van der Waals surface area contributed by atoms with Crippen molar-refractivity contribution >= 4 is 11.9 Å². The normalized spacial score (nSPS) is 22.7. The molecule has 0 spiro atoms. The summed E-state index contributed by atoms with van der Waals surface area (Å²) in [4.78, 5) is 23.9. The number of benzene rings is 1. The van der Waals surface area contributed by atoms with E-state index in [4.69, 9.17) is 5.11 Å². The lowest BCUT2D eigenvalue weighted by Crippen LogP contribution is -2.34. The second-order valence-corrected chi connectivity index (χ2v) is 6.99. The minimum Gasteiger partial charge on any atom is -0.481 e. The number of nitrogens with zero attached hydrogens (tertiary/aromatic N) is 2. The molecule has 1 aromatic heterocycles. The molecule has 2 N–H and O–H groups in total. The Morgan fingerprint density at radius 2 is 1.88 bits per heavy atom. The summed E-state index contributed by atoms with van der Waals surface area (Å²) < 4.78 is 1.70. The third kappa shape index (κ3) is 3.29. The Morgan fingerprint density at radius 1 is 1.12 bits per heavy atom. The van der Waals surface area contributed by atoms with Crippen molar-refractivity contribution in [3.63, 3.8) is 0 Å². The molecule has 2 saturated carbocycles. The standard InChI is InChI=1S/C19H21N3O3/c23-18(20-14-9-8-13(10-14)19(24)25)17-11-16(12-6-7-12)21-22(17)15-4-2-1-3-5-15/h1-5,11-14H,6-10H2,(H,20,23)(H,24,25)/t13-,14+/m1/s1. The zero-order chi connectivity index (χ0) is 17.4. The van der Waals surface area contributed by atoms with E-state index in [1.54, 1.807) is 4.68 Å². The first-order chi connectivity index (χ1) is 12.1. The highest BCUT2D eigenvalue weighted by Gasteiger charge is 2.33. The van der Waals surface area contributed by atoms with Gasteiger partial charge in [0.1, 0.15) is 5.69 Å². The maximum atomic E-state index is 12.8. The van der Waals surface area contributed by atoms with Gasteiger partial charge in [0.05, 0.1) is 17.3 Å². The van der Waals surface area contributed by atoms with Gasteiger partial charge in [0.25, 0.3) is 5.91 Å². The van der Waals surface area contributed by atoms with Gasteiger partial charge < -0.3 is 10.4 Å². The quantitative estimate of drug-likeness (QED) is 0.877. The molecule has 0 saturated heterocycles. The SMILES string of the molecule is O=C(N[C@H]1CC[C@@H](C(=O)O)C1)c1cc(C2CC2)nn1-c1ccccc1. The van der Waals surface area contributed by atoms with Gasteiger partial charge in [-0.2, -0.15) is 5.10 Å². The second kappa shape index (κ2) is 6.35. The predicted octanol–water partition coefficient (Wildman–Crippen LogP) is 2.73. The Morgan fingerprint density at radius 3 is 2.52 bits per heavy atom. The number of para-hydroxylation sites is 1. The Balaban J connectivity index is 1.56. The third-order valence-electron chi connectivity index (χ3n) is 5.07. The molecule has 2 aliphatic rings. The summed E-state index contributed by atoms with van der Waals surface area (Å²) in [5, 5.41) is 16.8. The van der Waals surface area contributed by atoms with E-state index >= 15 is 0 Å². The van der Waals surface area contributed by atoms with Crippen LogP contribution >= 0.6 is 0 Å². The number of amides is 1. The van der Waals surface area contributed by atoms with Gasteiger partial charge in [-0.3, -0.25) is 9.59 Å². The van der Waals surface area contributed by atoms with Crippen LogP contribution in [0.3, 0.4) is 0 Å². The summed E-state index contributed by atoms with van der Waals surface area (Å²) in [5.41, 5.74) is 2.34. The van der Waals surface area contributed by atoms with E-state index in [0.717, 1.165) is 24.2 Å². The largest absolute Gasteiger partial charge is 0.481 e. The number of rotatable bonds is 5. The van der Waals surface area contributed by atoms with Gasteiger partial charge in [-0.25, -0.2) is 4.68 Å². The number of aliphatic carboxylic acids is 1. The van der Waals surface area contributed by atoms with Crippen LogP contribution in [-0.4, -0.2) is 32.8 Å². The van der Waals surface area contributed by atoms with Crippen molar-refractivity contribution in [2.24, 2.45) is 5.92 Å². The molecule has 0 aliphatic heterocycles. The van der Waals surface area contributed by atoms with Crippen LogP contribution < -0.4 is 5.32 Å². The Hall–Kier alpha value is -2.63. The maximum Gasteiger partial charge on any atom is 0.306 e. The molecule has 2 aliphatic carbocycles. The van der Waals surface area contributed by atoms with Crippen LogP contribution in [0.4, 0.5) is 0 Å². The van der Waals surface area contributed by atoms with Crippen molar-refractivity contribution in [2.45, 2.75) is 44.1 Å². The van der Waals surface area contributed by atoms with E-state index in [2.05, 4.69) is 10.4 Å². The highest BCUT2D eigenvalue weighted by Crippen LogP contribution is 2.39. The maximum absolute atomic E-state index is 12.8. The van der Waals surface area contributed by atoms with Gasteiger partial charge in [0, 0.05) is 12.0 Å². The fourth-order valence-electron chi connectivity index (χ4n) is 3.50. The van der Waals surface area contributed by atoms with Crippen LogP contribution in [0, 0.1) is 5.92 Å². The van der Waals surface area contributed by atoms with Crippen LogP contribution in [0.15, 0.2) is 36.4 Å². The van der Waals surface area contributed by atoms with Crippen molar-refractivity contribution in [2.75, 3.05) is 0 Å². The monoisotopic (exact) mass is 339 g/mol. The van der Waals surface area contributed by atoms with Crippen molar-refractivity contribution in [3.8, 4) is 5.69 Å². The van der Waals surface area contributed by atoms with Gasteiger partial charge in [-0.15, -0.1) is 0 Å². The van der Waals surface area contributed by atoms with Crippen molar-refractivity contribution in [1.29, 1.82) is 0 Å². The van der Waals surface area contributed by atoms with E-state index in [1.165, 1.54) is 0 Å². The second-order valence-electron chi connectivity index (χ2n) is 6.99. The summed E-state index contributed by atoms with van der Waals surface area (Å²) in [6.07, 6.45) is 4.06. The van der Waals surface area contributed by atoms with Crippen LogP contribution in [-0.2, 0) is 4.79 Å². The molecular formula is C19H21N3O3. The fraction of sp³-hybridized carbons (Fsp3) is 0.421. The summed E-state index contributed by atoms with van der Waals surface area (Å²) >= 11 is 0. The minimum atomic E-state index is -0.776. The number of carboxylic acid groups (broad SMARTS) is 1. The molecule has 6 nitrogen and oxygen atoms in total. The number of carbonyl (C=O) groups is 2. The van der Waals surface area contributed by atoms with Crippen molar-refractivity contribution in [1.82, 2.24) is 15.1 Å². The lowest BCUT2D eigenvalue weighted by molar-refractivity contribution is -0.141. The van der Waals surface area contributed by atoms with Gasteiger partial charge >= 0.3 is 5.97 Å². The fourth-order valence-corrected chi connectivity index (χ4v) is 3.50. The van der Waals surface area contributed by atoms with Crippen LogP contribution in [0.5, 0.6) is 0 Å². The molecule has 1 aromatic carbocycles. The molecule has 0 bridgehead atoms. The van der Waals surface area contributed by atoms with E-state index in [1.807, 2.05) is 36.4 Å². The van der Waals surface area contributed by atoms with Gasteiger partial charge in [-0.1, -0.05) is 18.2 Å². The van der Waals surface area contributed by atoms with E-state index < -0.39 is 5.97 Å². The zero-order valence-corrected chi connectivity index (χ0v) is 13.9. The Labute approximate surface area is 145 Å². The molecule has 130 valence electrons. The highest BCUT2D eigenvalue weighted by molar-refractivity contribution is 5.93. The number of carbonyl (C=O) groups excluding carboxylic acids is 1. The van der Waals surface area contributed by atoms with E-state index in [9.17, 15) is 9.59 Å². The Kier molecular flexibility index (Phi) is 4.03. The zero-order valence-electron chi connectivity index (χ0n) is 13.9.